The SMILES string of the molecule is COC(=O)N(C)CC(=N)N. The molecule has 0 spiro atoms. The molecule has 0 heterocycles. The van der Waals surface area contributed by atoms with Gasteiger partial charge >= 0.3 is 6.09 Å². The number of nitrogens with two attached hydrogens (primary N) is 1. The summed E-state index contributed by atoms with van der Waals surface area (Å²) in [5.74, 6) is -0.0621. The first-order valence-electron chi connectivity index (χ1n) is 2.70. The number of carbonyl (C=O) groups excluding carboxylic acids is 1. The molecule has 0 saturated heterocycles. The molecule has 10 heavy (non-hydrogen) atoms. The minimum Gasteiger partial charge on any atom is -0.453 e. The maximum Gasteiger partial charge on any atom is 0.409 e. The van der Waals surface area contributed by atoms with E-state index in [0.717, 1.165) is 0 Å². The monoisotopic (exact) mass is 145 g/mol. The summed E-state index contributed by atoms with van der Waals surface area (Å²) in [4.78, 5) is 11.8. The lowest BCUT2D eigenvalue weighted by Gasteiger charge is -2.13. The summed E-state index contributed by atoms with van der Waals surface area (Å²) in [7, 11) is 2.78. The quantitative estimate of drug-likeness (QED) is 0.410. The van der Waals surface area contributed by atoms with Gasteiger partial charge in [-0.15, -0.1) is 0 Å². The Balaban J connectivity index is 3.72. The van der Waals surface area contributed by atoms with Crippen LogP contribution in [-0.4, -0.2) is 37.5 Å². The summed E-state index contributed by atoms with van der Waals surface area (Å²) in [6.07, 6.45) is -0.491. The zero-order chi connectivity index (χ0) is 8.15. The zero-order valence-electron chi connectivity index (χ0n) is 6.05. The third kappa shape index (κ3) is 2.91. The first-order chi connectivity index (χ1) is 4.57. The van der Waals surface area contributed by atoms with E-state index in [1.165, 1.54) is 19.1 Å². The van der Waals surface area contributed by atoms with Crippen molar-refractivity contribution in [3.05, 3.63) is 0 Å². The normalized spacial score (nSPS) is 8.60. The minimum atomic E-state index is -0.491. The largest absolute Gasteiger partial charge is 0.453 e. The number of amidine groups is 1. The van der Waals surface area contributed by atoms with Crippen LogP contribution < -0.4 is 5.73 Å². The van der Waals surface area contributed by atoms with Gasteiger partial charge in [-0.1, -0.05) is 0 Å². The van der Waals surface area contributed by atoms with E-state index < -0.39 is 6.09 Å². The highest BCUT2D eigenvalue weighted by Crippen LogP contribution is 1.85. The molecule has 0 aromatic rings. The van der Waals surface area contributed by atoms with Crippen molar-refractivity contribution in [2.75, 3.05) is 20.7 Å². The molecule has 0 radical (unpaired) electrons. The highest BCUT2D eigenvalue weighted by molar-refractivity contribution is 5.82. The van der Waals surface area contributed by atoms with Crippen LogP contribution in [0.15, 0.2) is 0 Å². The van der Waals surface area contributed by atoms with Crippen LogP contribution in [0.4, 0.5) is 4.79 Å². The lowest BCUT2D eigenvalue weighted by molar-refractivity contribution is 0.138. The molecule has 0 rings (SSSR count). The van der Waals surface area contributed by atoms with Gasteiger partial charge in [0.05, 0.1) is 13.7 Å². The number of amides is 1. The van der Waals surface area contributed by atoms with E-state index in [9.17, 15) is 4.79 Å². The fourth-order valence-corrected chi connectivity index (χ4v) is 0.476. The Labute approximate surface area is 59.3 Å². The van der Waals surface area contributed by atoms with Crippen molar-refractivity contribution in [3.63, 3.8) is 0 Å². The smallest absolute Gasteiger partial charge is 0.409 e. The molecule has 0 fully saturated rings. The van der Waals surface area contributed by atoms with Crippen molar-refractivity contribution in [2.45, 2.75) is 0 Å². The average Bonchev–Trinajstić information content (AvgIpc) is 1.85. The van der Waals surface area contributed by atoms with Crippen LogP contribution >= 0.6 is 0 Å². The molecule has 58 valence electrons. The second kappa shape index (κ2) is 3.71. The van der Waals surface area contributed by atoms with Crippen molar-refractivity contribution < 1.29 is 9.53 Å². The molecular weight excluding hydrogens is 134 g/mol. The number of carbonyl (C=O) groups is 1. The maximum atomic E-state index is 10.6. The van der Waals surface area contributed by atoms with Crippen molar-refractivity contribution in [3.8, 4) is 0 Å². The molecular formula is C5H11N3O2. The van der Waals surface area contributed by atoms with Gasteiger partial charge in [-0.25, -0.2) is 4.79 Å². The van der Waals surface area contributed by atoms with Crippen molar-refractivity contribution >= 4 is 11.9 Å². The average molecular weight is 145 g/mol. The van der Waals surface area contributed by atoms with Gasteiger partial charge in [0.25, 0.3) is 0 Å². The Hall–Kier alpha value is -1.26. The van der Waals surface area contributed by atoms with Gasteiger partial charge in [0.15, 0.2) is 0 Å². The Bertz CT molecular complexity index is 146. The van der Waals surface area contributed by atoms with Gasteiger partial charge in [-0.05, 0) is 0 Å². The van der Waals surface area contributed by atoms with Gasteiger partial charge in [-0.2, -0.15) is 0 Å². The molecule has 3 N–H and O–H groups in total. The van der Waals surface area contributed by atoms with Gasteiger partial charge in [0.1, 0.15) is 5.84 Å². The topological polar surface area (TPSA) is 79.4 Å². The summed E-state index contributed by atoms with van der Waals surface area (Å²) < 4.78 is 4.35. The summed E-state index contributed by atoms with van der Waals surface area (Å²) in [5.41, 5.74) is 5.02. The molecule has 0 aliphatic heterocycles. The summed E-state index contributed by atoms with van der Waals surface area (Å²) in [6.45, 7) is 0.104. The second-order valence-electron chi connectivity index (χ2n) is 1.85. The van der Waals surface area contributed by atoms with Crippen LogP contribution in [0.1, 0.15) is 0 Å². The van der Waals surface area contributed by atoms with Gasteiger partial charge in [-0.3, -0.25) is 5.41 Å². The molecule has 0 aliphatic rings. The first kappa shape index (κ1) is 8.74. The van der Waals surface area contributed by atoms with Gasteiger partial charge in [0, 0.05) is 7.05 Å². The van der Waals surface area contributed by atoms with E-state index in [2.05, 4.69) is 4.74 Å². The fourth-order valence-electron chi connectivity index (χ4n) is 0.476. The standard InChI is InChI=1S/C5H11N3O2/c1-8(3-4(6)7)5(9)10-2/h3H2,1-2H3,(H3,6,7). The summed E-state index contributed by atoms with van der Waals surface area (Å²) in [5, 5.41) is 6.82. The Morgan fingerprint density at radius 2 is 2.30 bits per heavy atom. The van der Waals surface area contributed by atoms with Crippen molar-refractivity contribution in [2.24, 2.45) is 5.73 Å². The number of likely N-dealkylation sites (N-methyl/N-ethyl adjacent to an activating group) is 1. The zero-order valence-corrected chi connectivity index (χ0v) is 6.05. The third-order valence-electron chi connectivity index (χ3n) is 0.894. The molecule has 0 bridgehead atoms. The number of nitrogens with one attached hydrogen (secondary N) is 1. The molecule has 5 heteroatoms. The number of methoxy groups -OCH3 is 1. The maximum absolute atomic E-state index is 10.6. The molecule has 0 saturated carbocycles. The van der Waals surface area contributed by atoms with E-state index >= 15 is 0 Å². The number of nitrogens with zero attached hydrogens (tertiary/aromatic N) is 1. The van der Waals surface area contributed by atoms with Crippen LogP contribution in [-0.2, 0) is 4.74 Å². The summed E-state index contributed by atoms with van der Waals surface area (Å²) in [6, 6.07) is 0. The molecule has 0 unspecified atom stereocenters. The highest BCUT2D eigenvalue weighted by Gasteiger charge is 2.07. The van der Waals surface area contributed by atoms with Crippen molar-refractivity contribution in [1.82, 2.24) is 4.90 Å². The Morgan fingerprint density at radius 1 is 1.80 bits per heavy atom. The van der Waals surface area contributed by atoms with Crippen LogP contribution in [0, 0.1) is 5.41 Å². The Kier molecular flexibility index (Phi) is 3.24. The van der Waals surface area contributed by atoms with Crippen LogP contribution in [0.5, 0.6) is 0 Å². The van der Waals surface area contributed by atoms with Crippen LogP contribution in [0.25, 0.3) is 0 Å². The number of ether oxygens (including phenoxy) is 1. The molecule has 0 atom stereocenters. The summed E-state index contributed by atoms with van der Waals surface area (Å²) >= 11 is 0. The fraction of sp³-hybridized carbons (Fsp3) is 0.600. The van der Waals surface area contributed by atoms with E-state index in [-0.39, 0.29) is 12.4 Å². The van der Waals surface area contributed by atoms with Gasteiger partial charge in [0.2, 0.25) is 0 Å². The molecule has 0 aliphatic carbocycles. The number of hydrogen-bond acceptors (Lipinski definition) is 3. The number of rotatable bonds is 2. The van der Waals surface area contributed by atoms with Crippen molar-refractivity contribution in [1.29, 1.82) is 5.41 Å². The minimum absolute atomic E-state index is 0.0621. The molecule has 1 amide bonds. The molecule has 0 aromatic carbocycles. The van der Waals surface area contributed by atoms with Crippen LogP contribution in [0.3, 0.4) is 0 Å². The molecule has 5 nitrogen and oxygen atoms in total. The van der Waals surface area contributed by atoms with E-state index in [1.54, 1.807) is 0 Å². The lowest BCUT2D eigenvalue weighted by Crippen LogP contribution is -2.34. The highest BCUT2D eigenvalue weighted by atomic mass is 16.5. The van der Waals surface area contributed by atoms with E-state index in [0.29, 0.717) is 0 Å². The number of hydrogen-bond donors (Lipinski definition) is 2. The predicted molar refractivity (Wildman–Crippen MR) is 36.9 cm³/mol. The third-order valence-corrected chi connectivity index (χ3v) is 0.894. The Morgan fingerprint density at radius 3 is 2.60 bits per heavy atom. The predicted octanol–water partition coefficient (Wildman–Crippen LogP) is -0.379. The second-order valence-corrected chi connectivity index (χ2v) is 1.85. The van der Waals surface area contributed by atoms with Crippen LogP contribution in [0.2, 0.25) is 0 Å². The van der Waals surface area contributed by atoms with E-state index in [4.69, 9.17) is 11.1 Å². The first-order valence-corrected chi connectivity index (χ1v) is 2.70. The molecule has 0 aromatic heterocycles. The van der Waals surface area contributed by atoms with Gasteiger partial charge < -0.3 is 15.4 Å². The lowest BCUT2D eigenvalue weighted by atomic mass is 10.5. The van der Waals surface area contributed by atoms with E-state index in [1.807, 2.05) is 0 Å².